The fourth-order valence-electron chi connectivity index (χ4n) is 2.84. The summed E-state index contributed by atoms with van der Waals surface area (Å²) in [6.07, 6.45) is 5.95. The van der Waals surface area contributed by atoms with Gasteiger partial charge >= 0.3 is 0 Å². The largest absolute Gasteiger partial charge is 0.356 e. The van der Waals surface area contributed by atoms with E-state index in [-0.39, 0.29) is 11.7 Å². The Labute approximate surface area is 126 Å². The van der Waals surface area contributed by atoms with E-state index in [1.807, 2.05) is 6.92 Å². The smallest absolute Gasteiger partial charge is 0.220 e. The van der Waals surface area contributed by atoms with Crippen LogP contribution in [0.3, 0.4) is 0 Å². The number of aryl methyl sites for hydroxylation is 1. The van der Waals surface area contributed by atoms with Crippen molar-refractivity contribution < 1.29 is 9.18 Å². The number of rotatable bonds is 6. The molecule has 1 heterocycles. The Morgan fingerprint density at radius 1 is 1.43 bits per heavy atom. The molecule has 2 N–H and O–H groups in total. The predicted octanol–water partition coefficient (Wildman–Crippen LogP) is 2.72. The van der Waals surface area contributed by atoms with Crippen LogP contribution in [-0.4, -0.2) is 25.0 Å². The highest BCUT2D eigenvalue weighted by Gasteiger charge is 2.13. The van der Waals surface area contributed by atoms with Gasteiger partial charge in [-0.15, -0.1) is 0 Å². The third kappa shape index (κ3) is 5.46. The fourth-order valence-corrected chi connectivity index (χ4v) is 2.84. The van der Waals surface area contributed by atoms with Crippen LogP contribution in [-0.2, 0) is 11.2 Å². The average molecular weight is 292 g/mol. The molecule has 1 unspecified atom stereocenters. The summed E-state index contributed by atoms with van der Waals surface area (Å²) >= 11 is 0. The lowest BCUT2D eigenvalue weighted by Crippen LogP contribution is -2.35. The van der Waals surface area contributed by atoms with E-state index < -0.39 is 0 Å². The molecule has 0 aliphatic carbocycles. The molecule has 4 heteroatoms. The molecule has 0 radical (unpaired) electrons. The molecule has 1 aliphatic heterocycles. The van der Waals surface area contributed by atoms with Gasteiger partial charge in [-0.05, 0) is 62.4 Å². The SMILES string of the molecule is Cc1cc(F)ccc1CCNC(=O)CCC1CCCCN1. The molecule has 0 bridgehead atoms. The minimum absolute atomic E-state index is 0.113. The van der Waals surface area contributed by atoms with Gasteiger partial charge in [0, 0.05) is 19.0 Å². The Balaban J connectivity index is 1.64. The molecule has 0 spiro atoms. The van der Waals surface area contributed by atoms with E-state index in [2.05, 4.69) is 10.6 Å². The Morgan fingerprint density at radius 3 is 3.00 bits per heavy atom. The van der Waals surface area contributed by atoms with Gasteiger partial charge in [0.25, 0.3) is 0 Å². The zero-order valence-corrected chi connectivity index (χ0v) is 12.8. The lowest BCUT2D eigenvalue weighted by Gasteiger charge is -2.23. The standard InChI is InChI=1S/C17H25FN2O/c1-13-12-15(18)6-5-14(13)9-11-20-17(21)8-7-16-4-2-3-10-19-16/h5-6,12,16,19H,2-4,7-11H2,1H3,(H,20,21). The van der Waals surface area contributed by atoms with E-state index in [4.69, 9.17) is 0 Å². The maximum Gasteiger partial charge on any atom is 0.220 e. The van der Waals surface area contributed by atoms with Crippen molar-refractivity contribution in [3.05, 3.63) is 35.1 Å². The minimum atomic E-state index is -0.208. The number of hydrogen-bond acceptors (Lipinski definition) is 2. The van der Waals surface area contributed by atoms with Crippen LogP contribution in [0.4, 0.5) is 4.39 Å². The highest BCUT2D eigenvalue weighted by Crippen LogP contribution is 2.12. The Bertz CT molecular complexity index is 470. The molecule has 1 aliphatic rings. The van der Waals surface area contributed by atoms with Crippen molar-refractivity contribution in [3.63, 3.8) is 0 Å². The number of benzene rings is 1. The van der Waals surface area contributed by atoms with E-state index in [9.17, 15) is 9.18 Å². The first-order valence-electron chi connectivity index (χ1n) is 7.90. The van der Waals surface area contributed by atoms with Gasteiger partial charge in [-0.1, -0.05) is 12.5 Å². The first kappa shape index (κ1) is 16.0. The normalized spacial score (nSPS) is 18.5. The van der Waals surface area contributed by atoms with Gasteiger partial charge < -0.3 is 10.6 Å². The molecule has 1 aromatic carbocycles. The van der Waals surface area contributed by atoms with Crippen molar-refractivity contribution in [3.8, 4) is 0 Å². The van der Waals surface area contributed by atoms with Crippen molar-refractivity contribution in [1.82, 2.24) is 10.6 Å². The van der Waals surface area contributed by atoms with Crippen LogP contribution in [0.15, 0.2) is 18.2 Å². The van der Waals surface area contributed by atoms with Gasteiger partial charge in [-0.25, -0.2) is 4.39 Å². The third-order valence-corrected chi connectivity index (χ3v) is 4.15. The van der Waals surface area contributed by atoms with Gasteiger partial charge in [-0.2, -0.15) is 0 Å². The molecule has 1 atom stereocenters. The average Bonchev–Trinajstić information content (AvgIpc) is 2.48. The second-order valence-electron chi connectivity index (χ2n) is 5.86. The minimum Gasteiger partial charge on any atom is -0.356 e. The molecule has 21 heavy (non-hydrogen) atoms. The van der Waals surface area contributed by atoms with Crippen LogP contribution in [0.2, 0.25) is 0 Å². The molecule has 0 saturated carbocycles. The molecule has 1 amide bonds. The predicted molar refractivity (Wildman–Crippen MR) is 82.7 cm³/mol. The highest BCUT2D eigenvalue weighted by atomic mass is 19.1. The third-order valence-electron chi connectivity index (χ3n) is 4.15. The summed E-state index contributed by atoms with van der Waals surface area (Å²) in [6, 6.07) is 5.30. The molecule has 2 rings (SSSR count). The first-order chi connectivity index (χ1) is 10.1. The number of hydrogen-bond donors (Lipinski definition) is 2. The zero-order chi connectivity index (χ0) is 15.1. The quantitative estimate of drug-likeness (QED) is 0.846. The van der Waals surface area contributed by atoms with Crippen molar-refractivity contribution >= 4 is 5.91 Å². The van der Waals surface area contributed by atoms with Gasteiger partial charge in [0.2, 0.25) is 5.91 Å². The molecule has 1 aromatic rings. The number of carbonyl (C=O) groups is 1. The topological polar surface area (TPSA) is 41.1 Å². The fraction of sp³-hybridized carbons (Fsp3) is 0.588. The number of carbonyl (C=O) groups excluding carboxylic acids is 1. The Kier molecular flexibility index (Phi) is 6.18. The van der Waals surface area contributed by atoms with Crippen LogP contribution in [0.25, 0.3) is 0 Å². The zero-order valence-electron chi connectivity index (χ0n) is 12.8. The maximum absolute atomic E-state index is 13.0. The van der Waals surface area contributed by atoms with E-state index in [1.165, 1.54) is 31.4 Å². The van der Waals surface area contributed by atoms with Crippen LogP contribution in [0, 0.1) is 12.7 Å². The highest BCUT2D eigenvalue weighted by molar-refractivity contribution is 5.75. The monoisotopic (exact) mass is 292 g/mol. The van der Waals surface area contributed by atoms with Gasteiger partial charge in [0.05, 0.1) is 0 Å². The van der Waals surface area contributed by atoms with E-state index in [0.29, 0.717) is 19.0 Å². The summed E-state index contributed by atoms with van der Waals surface area (Å²) in [7, 11) is 0. The Morgan fingerprint density at radius 2 is 2.29 bits per heavy atom. The van der Waals surface area contributed by atoms with Crippen molar-refractivity contribution in [2.45, 2.75) is 51.5 Å². The number of nitrogens with one attached hydrogen (secondary N) is 2. The molecular weight excluding hydrogens is 267 g/mol. The maximum atomic E-state index is 13.0. The second-order valence-corrected chi connectivity index (χ2v) is 5.86. The lowest BCUT2D eigenvalue weighted by atomic mass is 10.0. The summed E-state index contributed by atoms with van der Waals surface area (Å²) in [4.78, 5) is 11.8. The lowest BCUT2D eigenvalue weighted by molar-refractivity contribution is -0.121. The van der Waals surface area contributed by atoms with Gasteiger partial charge in [-0.3, -0.25) is 4.79 Å². The molecule has 1 fully saturated rings. The summed E-state index contributed by atoms with van der Waals surface area (Å²) in [6.45, 7) is 3.59. The summed E-state index contributed by atoms with van der Waals surface area (Å²) in [5.74, 6) is -0.0950. The van der Waals surface area contributed by atoms with Crippen molar-refractivity contribution in [2.24, 2.45) is 0 Å². The summed E-state index contributed by atoms with van der Waals surface area (Å²) in [5, 5.41) is 6.41. The van der Waals surface area contributed by atoms with E-state index >= 15 is 0 Å². The van der Waals surface area contributed by atoms with Crippen molar-refractivity contribution in [1.29, 1.82) is 0 Å². The molecule has 116 valence electrons. The molecule has 3 nitrogen and oxygen atoms in total. The summed E-state index contributed by atoms with van der Waals surface area (Å²) < 4.78 is 13.0. The Hall–Kier alpha value is -1.42. The first-order valence-corrected chi connectivity index (χ1v) is 7.90. The van der Waals surface area contributed by atoms with Crippen LogP contribution in [0.1, 0.15) is 43.2 Å². The summed E-state index contributed by atoms with van der Waals surface area (Å²) in [5.41, 5.74) is 2.03. The van der Waals surface area contributed by atoms with E-state index in [0.717, 1.165) is 30.5 Å². The molecule has 1 saturated heterocycles. The van der Waals surface area contributed by atoms with Gasteiger partial charge in [0.1, 0.15) is 5.82 Å². The van der Waals surface area contributed by atoms with Crippen LogP contribution in [0.5, 0.6) is 0 Å². The van der Waals surface area contributed by atoms with Crippen LogP contribution < -0.4 is 10.6 Å². The van der Waals surface area contributed by atoms with E-state index in [1.54, 1.807) is 6.07 Å². The second kappa shape index (κ2) is 8.13. The van der Waals surface area contributed by atoms with Crippen LogP contribution >= 0.6 is 0 Å². The molecular formula is C17H25FN2O. The number of piperidine rings is 1. The van der Waals surface area contributed by atoms with Gasteiger partial charge in [0.15, 0.2) is 0 Å². The molecule has 0 aromatic heterocycles. The number of amides is 1. The number of halogens is 1. The van der Waals surface area contributed by atoms with Crippen molar-refractivity contribution in [2.75, 3.05) is 13.1 Å².